The van der Waals surface area contributed by atoms with Crippen LogP contribution in [-0.4, -0.2) is 34.4 Å². The molecule has 0 saturated heterocycles. The summed E-state index contributed by atoms with van der Waals surface area (Å²) in [6, 6.07) is 3.64. The zero-order valence-corrected chi connectivity index (χ0v) is 11.5. The Morgan fingerprint density at radius 1 is 1.42 bits per heavy atom. The Kier molecular flexibility index (Phi) is 4.14. The summed E-state index contributed by atoms with van der Waals surface area (Å²) < 4.78 is 0. The van der Waals surface area contributed by atoms with E-state index < -0.39 is 16.4 Å². The number of nitro groups is 1. The van der Waals surface area contributed by atoms with Crippen LogP contribution in [0.15, 0.2) is 18.2 Å². The van der Waals surface area contributed by atoms with Crippen molar-refractivity contribution in [3.05, 3.63) is 33.9 Å². The van der Waals surface area contributed by atoms with Gasteiger partial charge in [-0.2, -0.15) is 0 Å². The summed E-state index contributed by atoms with van der Waals surface area (Å²) in [5.74, 6) is -0.752. The lowest BCUT2D eigenvalue weighted by atomic mass is 9.96. The summed E-state index contributed by atoms with van der Waals surface area (Å²) in [6.07, 6.45) is 0. The van der Waals surface area contributed by atoms with E-state index >= 15 is 0 Å². The molecule has 0 bridgehead atoms. The lowest BCUT2D eigenvalue weighted by Crippen LogP contribution is -2.34. The van der Waals surface area contributed by atoms with Gasteiger partial charge >= 0.3 is 5.69 Å². The molecule has 104 valence electrons. The summed E-state index contributed by atoms with van der Waals surface area (Å²) in [6.45, 7) is 6.52. The number of carbonyl (C=O) groups excluding carboxylic acids is 1. The second kappa shape index (κ2) is 5.26. The zero-order valence-electron chi connectivity index (χ0n) is 11.5. The third-order valence-corrected chi connectivity index (χ3v) is 2.48. The van der Waals surface area contributed by atoms with E-state index in [0.717, 1.165) is 12.1 Å². The Hall–Kier alpha value is -2.11. The summed E-state index contributed by atoms with van der Waals surface area (Å²) >= 11 is 0. The number of aromatic hydroxyl groups is 1. The number of hydrogen-bond donors (Lipinski definition) is 1. The fourth-order valence-corrected chi connectivity index (χ4v) is 1.81. The molecule has 1 aromatic rings. The van der Waals surface area contributed by atoms with Gasteiger partial charge in [0, 0.05) is 25.2 Å². The topological polar surface area (TPSA) is 83.7 Å². The number of carbonyl (C=O) groups is 1. The van der Waals surface area contributed by atoms with Crippen molar-refractivity contribution in [3.63, 3.8) is 0 Å². The average Bonchev–Trinajstić information content (AvgIpc) is 2.26. The highest BCUT2D eigenvalue weighted by atomic mass is 16.6. The second-order valence-corrected chi connectivity index (χ2v) is 5.68. The molecule has 0 saturated carbocycles. The number of phenols is 1. The predicted octanol–water partition coefficient (Wildman–Crippen LogP) is 2.42. The molecule has 1 rings (SSSR count). The maximum absolute atomic E-state index is 12.1. The molecule has 0 spiro atoms. The quantitative estimate of drug-likeness (QED) is 0.672. The summed E-state index contributed by atoms with van der Waals surface area (Å²) in [4.78, 5) is 23.6. The fourth-order valence-electron chi connectivity index (χ4n) is 1.81. The van der Waals surface area contributed by atoms with Gasteiger partial charge in [0.25, 0.3) is 5.91 Å². The minimum atomic E-state index is -0.712. The smallest absolute Gasteiger partial charge is 0.311 e. The van der Waals surface area contributed by atoms with Crippen LogP contribution < -0.4 is 0 Å². The van der Waals surface area contributed by atoms with Gasteiger partial charge in [-0.05, 0) is 17.5 Å². The number of hydrogen-bond acceptors (Lipinski definition) is 4. The molecule has 0 aromatic heterocycles. The van der Waals surface area contributed by atoms with Crippen molar-refractivity contribution in [1.29, 1.82) is 0 Å². The largest absolute Gasteiger partial charge is 0.502 e. The normalized spacial score (nSPS) is 11.2. The molecule has 0 heterocycles. The van der Waals surface area contributed by atoms with Crippen LogP contribution in [0, 0.1) is 15.5 Å². The lowest BCUT2D eigenvalue weighted by molar-refractivity contribution is -0.385. The first kappa shape index (κ1) is 14.9. The number of benzene rings is 1. The number of rotatable bonds is 3. The van der Waals surface area contributed by atoms with Crippen LogP contribution in [0.25, 0.3) is 0 Å². The molecule has 1 N–H and O–H groups in total. The zero-order chi connectivity index (χ0) is 14.8. The van der Waals surface area contributed by atoms with Crippen molar-refractivity contribution in [1.82, 2.24) is 4.90 Å². The van der Waals surface area contributed by atoms with Gasteiger partial charge in [0.05, 0.1) is 4.92 Å². The molecule has 0 unspecified atom stereocenters. The van der Waals surface area contributed by atoms with Gasteiger partial charge in [-0.25, -0.2) is 0 Å². The van der Waals surface area contributed by atoms with Gasteiger partial charge < -0.3 is 10.0 Å². The first-order valence-corrected chi connectivity index (χ1v) is 5.85. The number of nitro benzene ring substituents is 1. The Labute approximate surface area is 111 Å². The monoisotopic (exact) mass is 266 g/mol. The first-order valence-electron chi connectivity index (χ1n) is 5.85. The molecule has 0 atom stereocenters. The third kappa shape index (κ3) is 3.94. The van der Waals surface area contributed by atoms with E-state index in [9.17, 15) is 20.0 Å². The molecule has 6 nitrogen and oxygen atoms in total. The molecular formula is C13H18N2O4. The van der Waals surface area contributed by atoms with Gasteiger partial charge in [-0.1, -0.05) is 20.8 Å². The van der Waals surface area contributed by atoms with Crippen LogP contribution in [0.3, 0.4) is 0 Å². The summed E-state index contributed by atoms with van der Waals surface area (Å²) in [5, 5.41) is 20.1. The van der Waals surface area contributed by atoms with E-state index in [-0.39, 0.29) is 16.9 Å². The van der Waals surface area contributed by atoms with E-state index in [4.69, 9.17) is 0 Å². The minimum Gasteiger partial charge on any atom is -0.502 e. The molecule has 6 heteroatoms. The molecule has 0 aliphatic carbocycles. The van der Waals surface area contributed by atoms with Gasteiger partial charge in [0.15, 0.2) is 5.75 Å². The standard InChI is InChI=1S/C13H18N2O4/c1-13(2,3)8-14(4)12(17)9-5-6-11(16)10(7-9)15(18)19/h5-7,16H,8H2,1-4H3. The molecule has 0 radical (unpaired) electrons. The molecule has 0 aliphatic rings. The van der Waals surface area contributed by atoms with Crippen LogP contribution in [0.5, 0.6) is 5.75 Å². The van der Waals surface area contributed by atoms with E-state index in [1.165, 1.54) is 11.0 Å². The highest BCUT2D eigenvalue weighted by molar-refractivity contribution is 5.95. The summed E-state index contributed by atoms with van der Waals surface area (Å²) in [5.41, 5.74) is -0.334. The average molecular weight is 266 g/mol. The van der Waals surface area contributed by atoms with Crippen LogP contribution in [-0.2, 0) is 0 Å². The predicted molar refractivity (Wildman–Crippen MR) is 71.2 cm³/mol. The van der Waals surface area contributed by atoms with Crippen LogP contribution in [0.4, 0.5) is 5.69 Å². The van der Waals surface area contributed by atoms with Crippen molar-refractivity contribution in [2.24, 2.45) is 5.41 Å². The van der Waals surface area contributed by atoms with Gasteiger partial charge in [0.1, 0.15) is 0 Å². The number of amides is 1. The van der Waals surface area contributed by atoms with E-state index in [1.807, 2.05) is 20.8 Å². The van der Waals surface area contributed by atoms with Crippen molar-refractivity contribution < 1.29 is 14.8 Å². The van der Waals surface area contributed by atoms with Crippen molar-refractivity contribution in [2.45, 2.75) is 20.8 Å². The third-order valence-electron chi connectivity index (χ3n) is 2.48. The van der Waals surface area contributed by atoms with Crippen LogP contribution >= 0.6 is 0 Å². The van der Waals surface area contributed by atoms with Gasteiger partial charge in [-0.15, -0.1) is 0 Å². The number of nitrogens with zero attached hydrogens (tertiary/aromatic N) is 2. The van der Waals surface area contributed by atoms with Crippen molar-refractivity contribution >= 4 is 11.6 Å². The van der Waals surface area contributed by atoms with Gasteiger partial charge in [-0.3, -0.25) is 14.9 Å². The molecule has 1 amide bonds. The first-order chi connectivity index (χ1) is 8.61. The molecule has 0 aliphatic heterocycles. The minimum absolute atomic E-state index is 0.0622. The highest BCUT2D eigenvalue weighted by Gasteiger charge is 2.22. The van der Waals surface area contributed by atoms with E-state index in [0.29, 0.717) is 6.54 Å². The van der Waals surface area contributed by atoms with Crippen molar-refractivity contribution in [3.8, 4) is 5.75 Å². The molecular weight excluding hydrogens is 248 g/mol. The molecule has 1 aromatic carbocycles. The number of phenolic OH excluding ortho intramolecular Hbond substituents is 1. The van der Waals surface area contributed by atoms with Crippen molar-refractivity contribution in [2.75, 3.05) is 13.6 Å². The maximum Gasteiger partial charge on any atom is 0.311 e. The fraction of sp³-hybridized carbons (Fsp3) is 0.462. The Bertz CT molecular complexity index is 506. The SMILES string of the molecule is CN(CC(C)(C)C)C(=O)c1ccc(O)c([N+](=O)[O-])c1. The Balaban J connectivity index is 3.01. The molecule has 0 fully saturated rings. The second-order valence-electron chi connectivity index (χ2n) is 5.68. The summed E-state index contributed by atoms with van der Waals surface area (Å²) in [7, 11) is 1.65. The molecule has 19 heavy (non-hydrogen) atoms. The van der Waals surface area contributed by atoms with Crippen LogP contribution in [0.1, 0.15) is 31.1 Å². The highest BCUT2D eigenvalue weighted by Crippen LogP contribution is 2.27. The Morgan fingerprint density at radius 2 is 2.00 bits per heavy atom. The van der Waals surface area contributed by atoms with E-state index in [1.54, 1.807) is 7.05 Å². The maximum atomic E-state index is 12.1. The lowest BCUT2D eigenvalue weighted by Gasteiger charge is -2.26. The Morgan fingerprint density at radius 3 is 2.47 bits per heavy atom. The van der Waals surface area contributed by atoms with E-state index in [2.05, 4.69) is 0 Å². The van der Waals surface area contributed by atoms with Crippen LogP contribution in [0.2, 0.25) is 0 Å². The van der Waals surface area contributed by atoms with Gasteiger partial charge in [0.2, 0.25) is 0 Å².